The van der Waals surface area contributed by atoms with Gasteiger partial charge in [0, 0.05) is 11.1 Å². The molecule has 20 heavy (non-hydrogen) atoms. The van der Waals surface area contributed by atoms with Crippen LogP contribution in [-0.4, -0.2) is 14.5 Å². The highest BCUT2D eigenvalue weighted by atomic mass is 35.5. The highest BCUT2D eigenvalue weighted by Gasteiger charge is 2.23. The van der Waals surface area contributed by atoms with Crippen molar-refractivity contribution in [1.29, 1.82) is 0 Å². The first-order valence-electron chi connectivity index (χ1n) is 6.96. The second-order valence-electron chi connectivity index (χ2n) is 5.24. The van der Waals surface area contributed by atoms with Crippen molar-refractivity contribution in [3.63, 3.8) is 0 Å². The zero-order valence-electron chi connectivity index (χ0n) is 11.2. The number of sulfonamides is 1. The lowest BCUT2D eigenvalue weighted by molar-refractivity contribution is 0.426. The molecule has 0 unspecified atom stereocenters. The number of benzene rings is 1. The quantitative estimate of drug-likeness (QED) is 0.890. The molecule has 0 heterocycles. The summed E-state index contributed by atoms with van der Waals surface area (Å²) in [6.45, 7) is 0. The molecule has 0 bridgehead atoms. The lowest BCUT2D eigenvalue weighted by atomic mass is 9.97. The Kier molecular flexibility index (Phi) is 5.73. The summed E-state index contributed by atoms with van der Waals surface area (Å²) in [5, 5.41) is 0.570. The number of rotatable bonds is 3. The maximum absolute atomic E-state index is 12.4. The predicted octanol–water partition coefficient (Wildman–Crippen LogP) is 4.38. The summed E-state index contributed by atoms with van der Waals surface area (Å²) in [6, 6.07) is 4.49. The lowest BCUT2D eigenvalue weighted by Gasteiger charge is -2.21. The van der Waals surface area contributed by atoms with Gasteiger partial charge in [-0.2, -0.15) is 0 Å². The summed E-state index contributed by atoms with van der Waals surface area (Å²) in [7, 11) is -3.61. The van der Waals surface area contributed by atoms with Gasteiger partial charge in [0.1, 0.15) is 4.90 Å². The van der Waals surface area contributed by atoms with E-state index in [2.05, 4.69) is 4.72 Å². The molecule has 0 spiro atoms. The second-order valence-corrected chi connectivity index (χ2v) is 7.76. The molecule has 1 aromatic rings. The molecule has 1 N–H and O–H groups in total. The van der Waals surface area contributed by atoms with Gasteiger partial charge in [-0.1, -0.05) is 55.3 Å². The Labute approximate surface area is 130 Å². The molecule has 1 fully saturated rings. The topological polar surface area (TPSA) is 46.2 Å². The van der Waals surface area contributed by atoms with E-state index in [1.54, 1.807) is 6.07 Å². The molecule has 6 heteroatoms. The van der Waals surface area contributed by atoms with Gasteiger partial charge in [0.25, 0.3) is 0 Å². The van der Waals surface area contributed by atoms with E-state index in [9.17, 15) is 8.42 Å². The first kappa shape index (κ1) is 16.1. The molecule has 0 aliphatic heterocycles. The summed E-state index contributed by atoms with van der Waals surface area (Å²) in [5.41, 5.74) is 0. The maximum atomic E-state index is 12.4. The minimum atomic E-state index is -3.61. The van der Waals surface area contributed by atoms with E-state index in [-0.39, 0.29) is 16.0 Å². The molecule has 1 aliphatic carbocycles. The van der Waals surface area contributed by atoms with Gasteiger partial charge in [0.05, 0.1) is 5.02 Å². The fourth-order valence-corrected chi connectivity index (χ4v) is 4.61. The van der Waals surface area contributed by atoms with E-state index in [1.807, 2.05) is 0 Å². The summed E-state index contributed by atoms with van der Waals surface area (Å²) in [6.07, 6.45) is 7.51. The first-order valence-corrected chi connectivity index (χ1v) is 9.20. The van der Waals surface area contributed by atoms with Gasteiger partial charge in [-0.15, -0.1) is 0 Å². The minimum absolute atomic E-state index is 0.00431. The molecule has 0 saturated heterocycles. The van der Waals surface area contributed by atoms with Gasteiger partial charge < -0.3 is 0 Å². The van der Waals surface area contributed by atoms with Crippen molar-refractivity contribution in [3.8, 4) is 0 Å². The zero-order valence-corrected chi connectivity index (χ0v) is 13.6. The standard InChI is InChI=1S/C14H19Cl2NO2S/c15-11-8-9-13(16)14(10-11)20(18,19)17-12-6-4-2-1-3-5-7-12/h8-10,12,17H,1-7H2. The Morgan fingerprint density at radius 2 is 1.60 bits per heavy atom. The van der Waals surface area contributed by atoms with E-state index < -0.39 is 10.0 Å². The van der Waals surface area contributed by atoms with Gasteiger partial charge in [-0.05, 0) is 31.0 Å². The van der Waals surface area contributed by atoms with Crippen LogP contribution in [0.1, 0.15) is 44.9 Å². The van der Waals surface area contributed by atoms with Crippen LogP contribution >= 0.6 is 23.2 Å². The molecular formula is C14H19Cl2NO2S. The fraction of sp³-hybridized carbons (Fsp3) is 0.571. The average molecular weight is 336 g/mol. The Morgan fingerprint density at radius 1 is 1.00 bits per heavy atom. The van der Waals surface area contributed by atoms with Crippen LogP contribution in [0.2, 0.25) is 10.0 Å². The maximum Gasteiger partial charge on any atom is 0.242 e. The molecule has 0 amide bonds. The minimum Gasteiger partial charge on any atom is -0.208 e. The van der Waals surface area contributed by atoms with Gasteiger partial charge >= 0.3 is 0 Å². The molecule has 1 aromatic carbocycles. The Balaban J connectivity index is 2.15. The van der Waals surface area contributed by atoms with Crippen LogP contribution < -0.4 is 4.72 Å². The van der Waals surface area contributed by atoms with E-state index in [0.717, 1.165) is 25.7 Å². The third-order valence-corrected chi connectivity index (χ3v) is 5.85. The largest absolute Gasteiger partial charge is 0.242 e. The number of nitrogens with one attached hydrogen (secondary N) is 1. The van der Waals surface area contributed by atoms with Crippen LogP contribution in [0.5, 0.6) is 0 Å². The van der Waals surface area contributed by atoms with Crippen molar-refractivity contribution in [2.75, 3.05) is 0 Å². The highest BCUT2D eigenvalue weighted by molar-refractivity contribution is 7.89. The molecule has 0 atom stereocenters. The van der Waals surface area contributed by atoms with E-state index >= 15 is 0 Å². The molecule has 1 saturated carbocycles. The van der Waals surface area contributed by atoms with Crippen LogP contribution in [0.25, 0.3) is 0 Å². The summed E-state index contributed by atoms with van der Waals surface area (Å²) < 4.78 is 27.6. The molecule has 3 nitrogen and oxygen atoms in total. The van der Waals surface area contributed by atoms with Crippen molar-refractivity contribution in [1.82, 2.24) is 4.72 Å². The molecular weight excluding hydrogens is 317 g/mol. The van der Waals surface area contributed by atoms with Gasteiger partial charge in [0.2, 0.25) is 10.0 Å². The van der Waals surface area contributed by atoms with Crippen molar-refractivity contribution in [2.24, 2.45) is 0 Å². The van der Waals surface area contributed by atoms with Crippen molar-refractivity contribution in [3.05, 3.63) is 28.2 Å². The Hall–Kier alpha value is -0.290. The normalized spacial score (nSPS) is 18.5. The van der Waals surface area contributed by atoms with Crippen LogP contribution in [0, 0.1) is 0 Å². The number of halogens is 2. The van der Waals surface area contributed by atoms with Gasteiger partial charge in [-0.3, -0.25) is 0 Å². The van der Waals surface area contributed by atoms with Crippen LogP contribution in [0.15, 0.2) is 23.1 Å². The average Bonchev–Trinajstić information content (AvgIpc) is 2.35. The van der Waals surface area contributed by atoms with Gasteiger partial charge in [0.15, 0.2) is 0 Å². The Morgan fingerprint density at radius 3 is 2.25 bits per heavy atom. The lowest BCUT2D eigenvalue weighted by Crippen LogP contribution is -2.35. The molecule has 1 aliphatic rings. The van der Waals surface area contributed by atoms with Gasteiger partial charge in [-0.25, -0.2) is 13.1 Å². The summed E-state index contributed by atoms with van der Waals surface area (Å²) >= 11 is 11.8. The number of hydrogen-bond acceptors (Lipinski definition) is 2. The van der Waals surface area contributed by atoms with Crippen molar-refractivity contribution < 1.29 is 8.42 Å². The van der Waals surface area contributed by atoms with Crippen molar-refractivity contribution in [2.45, 2.75) is 55.9 Å². The zero-order chi connectivity index (χ0) is 14.6. The monoisotopic (exact) mass is 335 g/mol. The Bertz CT molecular complexity index is 552. The molecule has 2 rings (SSSR count). The van der Waals surface area contributed by atoms with E-state index in [4.69, 9.17) is 23.2 Å². The van der Waals surface area contributed by atoms with Crippen molar-refractivity contribution >= 4 is 33.2 Å². The predicted molar refractivity (Wildman–Crippen MR) is 82.9 cm³/mol. The first-order chi connectivity index (χ1) is 9.49. The molecule has 112 valence electrons. The molecule has 0 radical (unpaired) electrons. The third kappa shape index (κ3) is 4.35. The molecule has 0 aromatic heterocycles. The van der Waals surface area contributed by atoms with Crippen LogP contribution in [-0.2, 0) is 10.0 Å². The second kappa shape index (κ2) is 7.12. The van der Waals surface area contributed by atoms with E-state index in [1.165, 1.54) is 31.4 Å². The fourth-order valence-electron chi connectivity index (χ4n) is 2.54. The van der Waals surface area contributed by atoms with Crippen LogP contribution in [0.4, 0.5) is 0 Å². The smallest absolute Gasteiger partial charge is 0.208 e. The van der Waals surface area contributed by atoms with E-state index in [0.29, 0.717) is 5.02 Å². The summed E-state index contributed by atoms with van der Waals surface area (Å²) in [5.74, 6) is 0. The highest BCUT2D eigenvalue weighted by Crippen LogP contribution is 2.26. The summed E-state index contributed by atoms with van der Waals surface area (Å²) in [4.78, 5) is 0.0636. The third-order valence-electron chi connectivity index (χ3n) is 3.61. The van der Waals surface area contributed by atoms with Crippen LogP contribution in [0.3, 0.4) is 0 Å². The SMILES string of the molecule is O=S(=O)(NC1CCCCCCC1)c1cc(Cl)ccc1Cl. The number of hydrogen-bond donors (Lipinski definition) is 1.